The van der Waals surface area contributed by atoms with Crippen LogP contribution in [-0.4, -0.2) is 177 Å². The molecule has 0 bridgehead atoms. The fraction of sp³-hybridized carbons (Fsp3) is 0.426. The summed E-state index contributed by atoms with van der Waals surface area (Å²) in [5.74, 6) is 5.97. The van der Waals surface area contributed by atoms with Crippen LogP contribution < -0.4 is 45.6 Å². The first-order chi connectivity index (χ1) is 48.3. The number of likely N-dealkylation sites (tertiary alicyclic amines) is 3. The number of hydrogen-bond donors (Lipinski definition) is 5. The lowest BCUT2D eigenvalue weighted by molar-refractivity contribution is -0.138. The molecule has 12 heterocycles. The number of nitrogens with zero attached hydrogens (tertiary/aromatic N) is 12. The summed E-state index contributed by atoms with van der Waals surface area (Å²) in [6.07, 6.45) is 8.63. The number of amides is 3. The molecule has 0 spiro atoms. The van der Waals surface area contributed by atoms with E-state index in [-0.39, 0.29) is 17.7 Å². The fourth-order valence-electron chi connectivity index (χ4n) is 13.1. The number of carbonyl (C=O) groups is 3. The highest BCUT2D eigenvalue weighted by atomic mass is 35.5. The number of carbonyl (C=O) groups excluding carboxylic acids is 3. The first-order valence-corrected chi connectivity index (χ1v) is 36.7. The number of imidazole rings is 3. The highest BCUT2D eigenvalue weighted by Crippen LogP contribution is 2.46. The Balaban J connectivity index is 0.000000134. The molecule has 3 unspecified atom stereocenters. The molecule has 6 aromatic heterocycles. The molecule has 3 saturated heterocycles. The number of hydrogen-bond acceptors (Lipinski definition) is 23. The van der Waals surface area contributed by atoms with Gasteiger partial charge in [-0.15, -0.1) is 0 Å². The topological polar surface area (TPSA) is 327 Å². The predicted octanol–water partition coefficient (Wildman–Crippen LogP) is 10.3. The lowest BCUT2D eigenvalue weighted by atomic mass is 10.1. The second-order valence-electron chi connectivity index (χ2n) is 25.1. The highest BCUT2D eigenvalue weighted by Gasteiger charge is 2.32. The average molecular weight is 1480 g/mol. The normalized spacial score (nSPS) is 18.2. The number of benzene rings is 3. The largest absolute Gasteiger partial charge is 0.486 e. The molecular formula is C68H76Cl3N15O11S3. The molecule has 9 aromatic rings. The van der Waals surface area contributed by atoms with E-state index in [9.17, 15) is 24.6 Å². The van der Waals surface area contributed by atoms with Gasteiger partial charge in [0.1, 0.15) is 68.4 Å². The molecule has 15 rings (SSSR count). The van der Waals surface area contributed by atoms with E-state index in [4.69, 9.17) is 95.4 Å². The second kappa shape index (κ2) is 31.1. The number of aryl methyl sites for hydroxylation is 3. The number of fused-ring (bicyclic) bond motifs is 6. The molecule has 100 heavy (non-hydrogen) atoms. The number of anilines is 3. The number of nitrogens with two attached hydrogens (primary N) is 3. The second-order valence-corrected chi connectivity index (χ2v) is 29.4. The van der Waals surface area contributed by atoms with Crippen LogP contribution in [0.15, 0.2) is 103 Å². The zero-order chi connectivity index (χ0) is 69.9. The van der Waals surface area contributed by atoms with Gasteiger partial charge < -0.3 is 84.2 Å². The van der Waals surface area contributed by atoms with Gasteiger partial charge in [0.25, 0.3) is 11.8 Å². The maximum Gasteiger partial charge on any atom is 0.251 e. The summed E-state index contributed by atoms with van der Waals surface area (Å²) in [4.78, 5) is 70.7. The standard InChI is InChI=1S/2C23H26ClN5O4S.C22H24ClN5O3S/c2*1-13(30)22(31)28-6-3-14(12-28)4-7-29-16-2-5-26-21(25)20(16)27-23(29)34-19-11-18-17(10-15(19)24)32-8-9-33-18;1-13(29)27-6-3-14(12-27)4-7-28-16-2-5-25-21(24)20(16)26-22(28)32-19-11-18-17(10-15(19)23)30-8-9-31-18/h2*2,5,10-11,13-14,30H,3-4,6-9,12H2,1H3,(H2,25,26);2,5,10-11,14H,3-4,6-9,12H2,1H3,(H2,24,25)/t2*13-,14?;/m10./s1. The van der Waals surface area contributed by atoms with Crippen LogP contribution in [0.25, 0.3) is 33.1 Å². The molecule has 3 amide bonds. The van der Waals surface area contributed by atoms with Crippen molar-refractivity contribution in [2.75, 3.05) is 96.1 Å². The highest BCUT2D eigenvalue weighted by molar-refractivity contribution is 7.99. The fourth-order valence-corrected chi connectivity index (χ4v) is 16.7. The molecule has 6 aliphatic rings. The van der Waals surface area contributed by atoms with Crippen molar-refractivity contribution in [1.82, 2.24) is 58.3 Å². The zero-order valence-electron chi connectivity index (χ0n) is 55.2. The smallest absolute Gasteiger partial charge is 0.251 e. The molecule has 0 radical (unpaired) electrons. The van der Waals surface area contributed by atoms with Crippen LogP contribution in [0.1, 0.15) is 59.3 Å². The minimum atomic E-state index is -0.967. The summed E-state index contributed by atoms with van der Waals surface area (Å²) >= 11 is 24.0. The van der Waals surface area contributed by atoms with Crippen molar-refractivity contribution in [3.8, 4) is 34.5 Å². The van der Waals surface area contributed by atoms with Gasteiger partial charge >= 0.3 is 0 Å². The molecule has 0 aliphatic carbocycles. The van der Waals surface area contributed by atoms with Gasteiger partial charge in [-0.2, -0.15) is 0 Å². The summed E-state index contributed by atoms with van der Waals surface area (Å²) < 4.78 is 40.5. The summed E-state index contributed by atoms with van der Waals surface area (Å²) in [7, 11) is 0. The molecule has 3 aromatic carbocycles. The number of rotatable bonds is 17. The first kappa shape index (κ1) is 70.4. The van der Waals surface area contributed by atoms with E-state index in [2.05, 4.69) is 28.7 Å². The van der Waals surface area contributed by atoms with E-state index in [1.165, 1.54) is 49.1 Å². The Hall–Kier alpha value is -8.03. The number of nitrogen functional groups attached to an aromatic ring is 3. The van der Waals surface area contributed by atoms with Gasteiger partial charge in [-0.1, -0.05) is 34.8 Å². The van der Waals surface area contributed by atoms with Crippen molar-refractivity contribution >= 4 is 138 Å². The summed E-state index contributed by atoms with van der Waals surface area (Å²) in [6.45, 7) is 14.1. The third kappa shape index (κ3) is 15.7. The van der Waals surface area contributed by atoms with Crippen LogP contribution >= 0.6 is 70.1 Å². The van der Waals surface area contributed by atoms with E-state index < -0.39 is 12.2 Å². The molecule has 0 saturated carbocycles. The minimum absolute atomic E-state index is 0.143. The van der Waals surface area contributed by atoms with Crippen molar-refractivity contribution in [3.05, 3.63) is 88.3 Å². The van der Waals surface area contributed by atoms with Gasteiger partial charge in [-0.3, -0.25) is 14.4 Å². The summed E-state index contributed by atoms with van der Waals surface area (Å²) in [5, 5.41) is 23.2. The third-order valence-corrected chi connectivity index (χ3v) is 22.7. The Labute approximate surface area is 603 Å². The Bertz CT molecular complexity index is 4350. The SMILES string of the molecule is CC(=O)N1CCC(CCn2c(Sc3cc4c(cc3Cl)OCCO4)nc3c(N)nccc32)C1.C[C@@H](O)C(=O)N1CCC(CCn2c(Sc3cc4c(cc3Cl)OCCO4)nc3c(N)nccc32)C1.C[C@H](O)C(=O)N1CCC(CCn2c(Sc3cc4c(cc3Cl)OCCO4)nc3c(N)nccc32)C1. The van der Waals surface area contributed by atoms with Crippen molar-refractivity contribution in [2.45, 2.75) is 121 Å². The maximum absolute atomic E-state index is 12.1. The molecule has 32 heteroatoms. The number of ether oxygens (including phenoxy) is 6. The van der Waals surface area contributed by atoms with E-state index in [0.717, 1.165) is 105 Å². The molecule has 5 atom stereocenters. The van der Waals surface area contributed by atoms with Crippen LogP contribution in [0.3, 0.4) is 0 Å². The monoisotopic (exact) mass is 1480 g/mol. The van der Waals surface area contributed by atoms with Crippen molar-refractivity contribution < 1.29 is 53.0 Å². The summed E-state index contributed by atoms with van der Waals surface area (Å²) in [5.41, 5.74) is 23.1. The quantitative estimate of drug-likeness (QED) is 0.0565. The zero-order valence-corrected chi connectivity index (χ0v) is 59.9. The van der Waals surface area contributed by atoms with Crippen molar-refractivity contribution in [1.29, 1.82) is 0 Å². The van der Waals surface area contributed by atoms with Crippen LogP contribution in [0.4, 0.5) is 17.5 Å². The molecule has 8 N–H and O–H groups in total. The van der Waals surface area contributed by atoms with Crippen LogP contribution in [-0.2, 0) is 34.0 Å². The van der Waals surface area contributed by atoms with Crippen LogP contribution in [0, 0.1) is 17.8 Å². The lowest BCUT2D eigenvalue weighted by Gasteiger charge is -2.20. The van der Waals surface area contributed by atoms with E-state index in [1.54, 1.807) is 53.5 Å². The number of aliphatic hydroxyl groups is 2. The lowest BCUT2D eigenvalue weighted by Crippen LogP contribution is -2.36. The van der Waals surface area contributed by atoms with Crippen molar-refractivity contribution in [2.24, 2.45) is 17.8 Å². The van der Waals surface area contributed by atoms with Gasteiger partial charge in [0.2, 0.25) is 5.91 Å². The van der Waals surface area contributed by atoms with E-state index >= 15 is 0 Å². The van der Waals surface area contributed by atoms with Crippen molar-refractivity contribution in [3.63, 3.8) is 0 Å². The molecule has 26 nitrogen and oxygen atoms in total. The minimum Gasteiger partial charge on any atom is -0.486 e. The van der Waals surface area contributed by atoms with Crippen LogP contribution in [0.2, 0.25) is 15.1 Å². The Morgan fingerprint density at radius 1 is 0.480 bits per heavy atom. The first-order valence-electron chi connectivity index (χ1n) is 33.1. The van der Waals surface area contributed by atoms with Gasteiger partial charge in [0.15, 0.2) is 67.4 Å². The average Bonchev–Trinajstić information content (AvgIpc) is 1.61. The Morgan fingerprint density at radius 2 is 0.760 bits per heavy atom. The third-order valence-electron chi connectivity index (χ3n) is 18.3. The number of pyridine rings is 3. The molecular weight excluding hydrogens is 1410 g/mol. The maximum atomic E-state index is 12.1. The Morgan fingerprint density at radius 3 is 1.04 bits per heavy atom. The van der Waals surface area contributed by atoms with Gasteiger partial charge in [0, 0.05) is 117 Å². The predicted molar refractivity (Wildman–Crippen MR) is 382 cm³/mol. The number of halogens is 3. The molecule has 6 aliphatic heterocycles. The number of aliphatic hydroxyl groups excluding tert-OH is 2. The van der Waals surface area contributed by atoms with E-state index in [0.29, 0.717) is 180 Å². The van der Waals surface area contributed by atoms with E-state index in [1.807, 2.05) is 41.3 Å². The van der Waals surface area contributed by atoms with Gasteiger partial charge in [-0.25, -0.2) is 29.9 Å². The van der Waals surface area contributed by atoms with Gasteiger partial charge in [0.05, 0.1) is 31.6 Å². The van der Waals surface area contributed by atoms with Crippen LogP contribution in [0.5, 0.6) is 34.5 Å². The molecule has 528 valence electrons. The van der Waals surface area contributed by atoms with Gasteiger partial charge in [-0.05, 0) is 142 Å². The molecule has 3 fully saturated rings. The Kier molecular flexibility index (Phi) is 21.9. The number of aromatic nitrogens is 9. The summed E-state index contributed by atoms with van der Waals surface area (Å²) in [6, 6.07) is 16.7.